The largest absolute Gasteiger partial charge is 0.436 e. The van der Waals surface area contributed by atoms with Crippen molar-refractivity contribution < 1.29 is 19.1 Å². The SMILES string of the molecule is C#Cc1cc(C[C@@H](OC(=O)N2CCC3(CC2)CC(=O)Nc2ccccc23)C(=O)N2CCN(C3CN4CCC3CC4)CC2)cc(Cl)c1N. The Morgan fingerprint density at radius 1 is 1.04 bits per heavy atom. The van der Waals surface area contributed by atoms with Crippen LogP contribution in [0.2, 0.25) is 5.02 Å². The summed E-state index contributed by atoms with van der Waals surface area (Å²) in [6.07, 6.45) is 8.38. The number of halogens is 1. The van der Waals surface area contributed by atoms with Crippen molar-refractivity contribution in [2.24, 2.45) is 5.92 Å². The number of carbonyl (C=O) groups excluding carboxylic acids is 3. The van der Waals surface area contributed by atoms with Crippen molar-refractivity contribution >= 4 is 40.9 Å². The number of nitrogens with zero attached hydrogens (tertiary/aromatic N) is 4. The first kappa shape index (κ1) is 31.8. The lowest BCUT2D eigenvalue weighted by molar-refractivity contribution is -0.143. The predicted molar refractivity (Wildman–Crippen MR) is 181 cm³/mol. The Balaban J connectivity index is 1.05. The van der Waals surface area contributed by atoms with Crippen LogP contribution in [-0.4, -0.2) is 109 Å². The number of para-hydroxylation sites is 1. The van der Waals surface area contributed by atoms with Gasteiger partial charge in [0.25, 0.3) is 5.91 Å². The van der Waals surface area contributed by atoms with Crippen LogP contribution in [0.25, 0.3) is 0 Å². The number of amides is 3. The third-order valence-electron chi connectivity index (χ3n) is 11.3. The summed E-state index contributed by atoms with van der Waals surface area (Å²) in [5, 5.41) is 3.28. The fraction of sp³-hybridized carbons (Fsp3) is 0.528. The van der Waals surface area contributed by atoms with Crippen molar-refractivity contribution in [2.75, 3.05) is 70.0 Å². The average Bonchev–Trinajstić information content (AvgIpc) is 3.10. The van der Waals surface area contributed by atoms with E-state index in [0.717, 1.165) is 36.8 Å². The van der Waals surface area contributed by atoms with Crippen LogP contribution >= 0.6 is 11.6 Å². The molecule has 0 saturated carbocycles. The Labute approximate surface area is 281 Å². The van der Waals surface area contributed by atoms with Gasteiger partial charge < -0.3 is 30.5 Å². The van der Waals surface area contributed by atoms with E-state index >= 15 is 0 Å². The molecule has 2 aromatic carbocycles. The first-order valence-electron chi connectivity index (χ1n) is 16.9. The number of nitrogens with one attached hydrogen (secondary N) is 1. The molecule has 6 aliphatic rings. The van der Waals surface area contributed by atoms with E-state index in [1.807, 2.05) is 23.1 Å². The molecule has 3 N–H and O–H groups in total. The van der Waals surface area contributed by atoms with Crippen LogP contribution in [0.1, 0.15) is 48.8 Å². The van der Waals surface area contributed by atoms with Gasteiger partial charge in [-0.15, -0.1) is 6.42 Å². The molecular formula is C36H43ClN6O4. The minimum atomic E-state index is -1.05. The van der Waals surface area contributed by atoms with Crippen LogP contribution < -0.4 is 11.1 Å². The summed E-state index contributed by atoms with van der Waals surface area (Å²) in [6.45, 7) is 7.14. The molecule has 1 unspecified atom stereocenters. The molecule has 10 nitrogen and oxygen atoms in total. The molecular weight excluding hydrogens is 616 g/mol. The molecule has 5 fully saturated rings. The minimum Gasteiger partial charge on any atom is -0.436 e. The number of piperidine rings is 4. The highest BCUT2D eigenvalue weighted by Crippen LogP contribution is 2.45. The van der Waals surface area contributed by atoms with E-state index in [1.165, 1.54) is 25.9 Å². The number of rotatable bonds is 5. The van der Waals surface area contributed by atoms with Crippen molar-refractivity contribution in [3.8, 4) is 12.3 Å². The summed E-state index contributed by atoms with van der Waals surface area (Å²) < 4.78 is 6.07. The molecule has 248 valence electrons. The zero-order chi connectivity index (χ0) is 32.7. The van der Waals surface area contributed by atoms with Crippen molar-refractivity contribution in [2.45, 2.75) is 56.1 Å². The number of hydrogen-bond donors (Lipinski definition) is 2. The molecule has 11 heteroatoms. The molecule has 5 saturated heterocycles. The zero-order valence-corrected chi connectivity index (χ0v) is 27.5. The molecule has 6 aliphatic heterocycles. The highest BCUT2D eigenvalue weighted by atomic mass is 35.5. The average molecular weight is 659 g/mol. The Bertz CT molecular complexity index is 1580. The first-order chi connectivity index (χ1) is 22.7. The van der Waals surface area contributed by atoms with Gasteiger partial charge in [-0.1, -0.05) is 35.7 Å². The number of likely N-dealkylation sites (tertiary alicyclic amines) is 1. The molecule has 6 heterocycles. The lowest BCUT2D eigenvalue weighted by atomic mass is 9.68. The molecule has 47 heavy (non-hydrogen) atoms. The number of terminal acetylenes is 1. The molecule has 2 aromatic rings. The number of fused-ring (bicyclic) bond motifs is 5. The summed E-state index contributed by atoms with van der Waals surface area (Å²) in [5.41, 5.74) is 9.12. The van der Waals surface area contributed by atoms with Gasteiger partial charge in [0.1, 0.15) is 0 Å². The monoisotopic (exact) mass is 658 g/mol. The number of carbonyl (C=O) groups is 3. The smallest absolute Gasteiger partial charge is 0.410 e. The summed E-state index contributed by atoms with van der Waals surface area (Å²) in [4.78, 5) is 49.0. The normalized spacial score (nSPS) is 25.9. The van der Waals surface area contributed by atoms with Gasteiger partial charge in [0.2, 0.25) is 5.91 Å². The fourth-order valence-corrected chi connectivity index (χ4v) is 8.78. The second-order valence-electron chi connectivity index (χ2n) is 13.9. The van der Waals surface area contributed by atoms with E-state index in [2.05, 4.69) is 27.1 Å². The number of hydrogen-bond acceptors (Lipinski definition) is 7. The molecule has 0 aromatic heterocycles. The molecule has 2 bridgehead atoms. The predicted octanol–water partition coefficient (Wildman–Crippen LogP) is 3.57. The summed E-state index contributed by atoms with van der Waals surface area (Å²) in [6, 6.07) is 11.9. The van der Waals surface area contributed by atoms with Crippen molar-refractivity contribution in [1.29, 1.82) is 0 Å². The second kappa shape index (κ2) is 13.0. The number of ether oxygens (including phenoxy) is 1. The van der Waals surface area contributed by atoms with Crippen LogP contribution in [0.5, 0.6) is 0 Å². The van der Waals surface area contributed by atoms with Gasteiger partial charge in [0, 0.05) is 81.4 Å². The molecule has 2 atom stereocenters. The third kappa shape index (κ3) is 6.29. The molecule has 8 rings (SSSR count). The lowest BCUT2D eigenvalue weighted by Crippen LogP contribution is -2.62. The Morgan fingerprint density at radius 3 is 2.45 bits per heavy atom. The molecule has 0 radical (unpaired) electrons. The number of benzene rings is 2. The topological polar surface area (TPSA) is 111 Å². The second-order valence-corrected chi connectivity index (χ2v) is 14.3. The highest BCUT2D eigenvalue weighted by molar-refractivity contribution is 6.33. The maximum Gasteiger partial charge on any atom is 0.410 e. The van der Waals surface area contributed by atoms with E-state index in [1.54, 1.807) is 17.0 Å². The van der Waals surface area contributed by atoms with Gasteiger partial charge >= 0.3 is 6.09 Å². The third-order valence-corrected chi connectivity index (χ3v) is 11.6. The van der Waals surface area contributed by atoms with Crippen LogP contribution in [0.15, 0.2) is 36.4 Å². The number of nitrogens with two attached hydrogens (primary N) is 1. The van der Waals surface area contributed by atoms with E-state index in [-0.39, 0.29) is 23.7 Å². The van der Waals surface area contributed by atoms with Gasteiger partial charge in [-0.3, -0.25) is 14.5 Å². The standard InChI is InChI=1S/C36H43ClN6O4/c1-2-25-19-24(20-28(37)33(25)38)21-31(34(45)42-17-15-41(16-18-42)30-23-40-11-7-26(30)8-12-40)47-35(46)43-13-9-36(10-14-43)22-32(44)39-29-6-4-3-5-27(29)36/h1,3-6,19-20,26,30-31H,7-18,21-23,38H2,(H,39,44)/t30?,31-/m1/s1. The highest BCUT2D eigenvalue weighted by Gasteiger charge is 2.44. The van der Waals surface area contributed by atoms with E-state index in [9.17, 15) is 14.4 Å². The maximum absolute atomic E-state index is 14.1. The molecule has 1 spiro atoms. The van der Waals surface area contributed by atoms with Gasteiger partial charge in [-0.2, -0.15) is 0 Å². The summed E-state index contributed by atoms with van der Waals surface area (Å²) in [5.74, 6) is 3.07. The molecule has 0 aliphatic carbocycles. The van der Waals surface area contributed by atoms with Crippen LogP contribution in [-0.2, 0) is 26.2 Å². The van der Waals surface area contributed by atoms with E-state index in [4.69, 9.17) is 28.5 Å². The van der Waals surface area contributed by atoms with E-state index in [0.29, 0.717) is 73.3 Å². The molecule has 3 amide bonds. The zero-order valence-electron chi connectivity index (χ0n) is 26.8. The Morgan fingerprint density at radius 2 is 1.77 bits per heavy atom. The number of nitrogen functional groups attached to an aromatic ring is 1. The quantitative estimate of drug-likeness (QED) is 0.373. The number of anilines is 2. The van der Waals surface area contributed by atoms with Gasteiger partial charge in [-0.05, 0) is 74.0 Å². The van der Waals surface area contributed by atoms with Crippen LogP contribution in [0.3, 0.4) is 0 Å². The minimum absolute atomic E-state index is 0.00696. The Hall–Kier alpha value is -3.78. The summed E-state index contributed by atoms with van der Waals surface area (Å²) >= 11 is 6.40. The lowest BCUT2D eigenvalue weighted by Gasteiger charge is -2.51. The van der Waals surface area contributed by atoms with Gasteiger partial charge in [0.05, 0.1) is 10.7 Å². The van der Waals surface area contributed by atoms with Crippen molar-refractivity contribution in [3.63, 3.8) is 0 Å². The van der Waals surface area contributed by atoms with Crippen molar-refractivity contribution in [3.05, 3.63) is 58.1 Å². The first-order valence-corrected chi connectivity index (χ1v) is 17.3. The maximum atomic E-state index is 14.1. The fourth-order valence-electron chi connectivity index (χ4n) is 8.54. The van der Waals surface area contributed by atoms with Crippen molar-refractivity contribution in [1.82, 2.24) is 19.6 Å². The van der Waals surface area contributed by atoms with Gasteiger partial charge in [0.15, 0.2) is 6.10 Å². The number of piperazine rings is 1. The Kier molecular flexibility index (Phi) is 8.81. The van der Waals surface area contributed by atoms with E-state index < -0.39 is 12.2 Å². The van der Waals surface area contributed by atoms with Crippen LogP contribution in [0.4, 0.5) is 16.2 Å². The van der Waals surface area contributed by atoms with Crippen LogP contribution in [0, 0.1) is 18.3 Å². The van der Waals surface area contributed by atoms with Gasteiger partial charge in [-0.25, -0.2) is 4.79 Å². The summed E-state index contributed by atoms with van der Waals surface area (Å²) in [7, 11) is 0.